The lowest BCUT2D eigenvalue weighted by atomic mass is 9.90. The predicted molar refractivity (Wildman–Crippen MR) is 99.0 cm³/mol. The highest BCUT2D eigenvalue weighted by atomic mass is 35.5. The van der Waals surface area contributed by atoms with Crippen molar-refractivity contribution < 1.29 is 13.9 Å². The van der Waals surface area contributed by atoms with Gasteiger partial charge in [0.25, 0.3) is 0 Å². The lowest BCUT2D eigenvalue weighted by Gasteiger charge is -2.17. The van der Waals surface area contributed by atoms with Crippen molar-refractivity contribution >= 4 is 18.3 Å². The van der Waals surface area contributed by atoms with Gasteiger partial charge in [-0.05, 0) is 30.2 Å². The van der Waals surface area contributed by atoms with E-state index >= 15 is 0 Å². The smallest absolute Gasteiger partial charge is 0.225 e. The summed E-state index contributed by atoms with van der Waals surface area (Å²) in [7, 11) is 1.86. The van der Waals surface area contributed by atoms with Crippen LogP contribution in [0.2, 0.25) is 0 Å². The average molecular weight is 383 g/mol. The van der Waals surface area contributed by atoms with Crippen molar-refractivity contribution in [3.8, 4) is 5.75 Å². The van der Waals surface area contributed by atoms with E-state index in [9.17, 15) is 9.18 Å². The van der Waals surface area contributed by atoms with E-state index in [-0.39, 0.29) is 35.9 Å². The number of aryl methyl sites for hydroxylation is 1. The highest BCUT2D eigenvalue weighted by Gasteiger charge is 2.34. The van der Waals surface area contributed by atoms with Crippen molar-refractivity contribution in [1.29, 1.82) is 0 Å². The molecular formula is C18H24ClFN4O2. The third kappa shape index (κ3) is 4.53. The fraction of sp³-hybridized carbons (Fsp3) is 0.444. The molecule has 1 saturated heterocycles. The number of hydrogen-bond acceptors (Lipinski definition) is 4. The van der Waals surface area contributed by atoms with E-state index in [0.29, 0.717) is 25.3 Å². The van der Waals surface area contributed by atoms with Crippen molar-refractivity contribution in [3.05, 3.63) is 47.5 Å². The van der Waals surface area contributed by atoms with Crippen molar-refractivity contribution in [2.45, 2.75) is 19.4 Å². The number of nitrogens with zero attached hydrogens (tertiary/aromatic N) is 2. The molecule has 0 unspecified atom stereocenters. The topological polar surface area (TPSA) is 68.2 Å². The van der Waals surface area contributed by atoms with Gasteiger partial charge in [-0.2, -0.15) is 5.10 Å². The van der Waals surface area contributed by atoms with Crippen LogP contribution in [-0.2, 0) is 18.4 Å². The quantitative estimate of drug-likeness (QED) is 0.801. The summed E-state index contributed by atoms with van der Waals surface area (Å²) < 4.78 is 20.8. The van der Waals surface area contributed by atoms with E-state index in [1.807, 2.05) is 20.2 Å². The Morgan fingerprint density at radius 3 is 2.92 bits per heavy atom. The molecule has 2 heterocycles. The zero-order valence-corrected chi connectivity index (χ0v) is 15.7. The predicted octanol–water partition coefficient (Wildman–Crippen LogP) is 2.00. The first-order valence-electron chi connectivity index (χ1n) is 8.46. The molecule has 26 heavy (non-hydrogen) atoms. The molecule has 1 aromatic carbocycles. The second-order valence-corrected chi connectivity index (χ2v) is 6.23. The number of benzene rings is 1. The van der Waals surface area contributed by atoms with Crippen LogP contribution in [0, 0.1) is 11.7 Å². The zero-order valence-electron chi connectivity index (χ0n) is 14.9. The fourth-order valence-electron chi connectivity index (χ4n) is 3.18. The molecular weight excluding hydrogens is 359 g/mol. The van der Waals surface area contributed by atoms with Crippen LogP contribution < -0.4 is 15.4 Å². The van der Waals surface area contributed by atoms with Gasteiger partial charge >= 0.3 is 0 Å². The number of hydrogen-bond donors (Lipinski definition) is 2. The summed E-state index contributed by atoms with van der Waals surface area (Å²) in [5, 5.41) is 10.4. The monoisotopic (exact) mass is 382 g/mol. The molecule has 2 N–H and O–H groups in total. The number of amides is 1. The Balaban J connectivity index is 0.00000243. The molecule has 0 aliphatic carbocycles. The Morgan fingerprint density at radius 1 is 1.46 bits per heavy atom. The van der Waals surface area contributed by atoms with E-state index in [0.717, 1.165) is 12.1 Å². The van der Waals surface area contributed by atoms with Gasteiger partial charge in [-0.1, -0.05) is 6.07 Å². The molecule has 2 aromatic rings. The highest BCUT2D eigenvalue weighted by molar-refractivity contribution is 5.85. The minimum absolute atomic E-state index is 0. The van der Waals surface area contributed by atoms with Gasteiger partial charge in [0.1, 0.15) is 0 Å². The largest absolute Gasteiger partial charge is 0.491 e. The van der Waals surface area contributed by atoms with E-state index in [1.54, 1.807) is 23.0 Å². The number of carbonyl (C=O) groups excluding carboxylic acids is 1. The summed E-state index contributed by atoms with van der Waals surface area (Å²) in [6.45, 7) is 3.89. The molecule has 0 spiro atoms. The van der Waals surface area contributed by atoms with Gasteiger partial charge in [-0.25, -0.2) is 4.39 Å². The van der Waals surface area contributed by atoms with Crippen LogP contribution in [-0.4, -0.2) is 35.4 Å². The highest BCUT2D eigenvalue weighted by Crippen LogP contribution is 2.28. The van der Waals surface area contributed by atoms with Crippen LogP contribution in [0.3, 0.4) is 0 Å². The Labute approximate surface area is 158 Å². The Bertz CT molecular complexity index is 753. The van der Waals surface area contributed by atoms with Gasteiger partial charge < -0.3 is 15.4 Å². The molecule has 0 saturated carbocycles. The number of ether oxygens (including phenoxy) is 1. The van der Waals surface area contributed by atoms with Gasteiger partial charge in [0.05, 0.1) is 18.7 Å². The summed E-state index contributed by atoms with van der Waals surface area (Å²) >= 11 is 0. The van der Waals surface area contributed by atoms with E-state index < -0.39 is 5.82 Å². The molecule has 1 amide bonds. The molecule has 8 heteroatoms. The van der Waals surface area contributed by atoms with Crippen LogP contribution in [0.4, 0.5) is 4.39 Å². The number of halogens is 2. The first-order valence-corrected chi connectivity index (χ1v) is 8.46. The summed E-state index contributed by atoms with van der Waals surface area (Å²) in [6, 6.07) is 4.76. The van der Waals surface area contributed by atoms with Crippen LogP contribution in [0.25, 0.3) is 0 Å². The molecule has 6 nitrogen and oxygen atoms in total. The molecule has 2 atom stereocenters. The fourth-order valence-corrected chi connectivity index (χ4v) is 3.18. The van der Waals surface area contributed by atoms with Crippen molar-refractivity contribution in [3.63, 3.8) is 0 Å². The summed E-state index contributed by atoms with van der Waals surface area (Å²) in [6.07, 6.45) is 3.75. The second-order valence-electron chi connectivity index (χ2n) is 6.23. The molecule has 1 fully saturated rings. The van der Waals surface area contributed by atoms with E-state index in [1.165, 1.54) is 6.07 Å². The summed E-state index contributed by atoms with van der Waals surface area (Å²) in [5.74, 6) is -0.269. The van der Waals surface area contributed by atoms with Crippen molar-refractivity contribution in [2.24, 2.45) is 13.0 Å². The molecule has 0 radical (unpaired) electrons. The van der Waals surface area contributed by atoms with Crippen LogP contribution in [0.1, 0.15) is 24.0 Å². The molecule has 1 aliphatic rings. The summed E-state index contributed by atoms with van der Waals surface area (Å²) in [5.41, 5.74) is 1.76. The van der Waals surface area contributed by atoms with Crippen molar-refractivity contribution in [1.82, 2.24) is 20.4 Å². The third-order valence-corrected chi connectivity index (χ3v) is 4.47. The first-order chi connectivity index (χ1) is 12.1. The minimum Gasteiger partial charge on any atom is -0.491 e. The van der Waals surface area contributed by atoms with Gasteiger partial charge in [-0.3, -0.25) is 9.48 Å². The van der Waals surface area contributed by atoms with Crippen LogP contribution in [0.5, 0.6) is 5.75 Å². The van der Waals surface area contributed by atoms with Crippen LogP contribution in [0.15, 0.2) is 30.6 Å². The van der Waals surface area contributed by atoms with E-state index in [4.69, 9.17) is 4.74 Å². The SMILES string of the molecule is CCOc1ccc(CNC(=O)[C@H]2CNC[C@@H]2c2cnn(C)c2)cc1F.Cl. The van der Waals surface area contributed by atoms with E-state index in [2.05, 4.69) is 15.7 Å². The average Bonchev–Trinajstić information content (AvgIpc) is 3.23. The minimum atomic E-state index is -0.413. The molecule has 142 valence electrons. The van der Waals surface area contributed by atoms with Crippen molar-refractivity contribution in [2.75, 3.05) is 19.7 Å². The van der Waals surface area contributed by atoms with Gasteiger partial charge in [0.15, 0.2) is 11.6 Å². The third-order valence-electron chi connectivity index (χ3n) is 4.47. The maximum atomic E-state index is 13.9. The maximum Gasteiger partial charge on any atom is 0.225 e. The van der Waals surface area contributed by atoms with Crippen LogP contribution >= 0.6 is 12.4 Å². The Morgan fingerprint density at radius 2 is 2.27 bits per heavy atom. The molecule has 3 rings (SSSR count). The second kappa shape index (κ2) is 9.00. The number of carbonyl (C=O) groups is 1. The Kier molecular flexibility index (Phi) is 6.99. The van der Waals surface area contributed by atoms with Gasteiger partial charge in [-0.15, -0.1) is 12.4 Å². The Hall–Kier alpha value is -2.12. The number of aromatic nitrogens is 2. The number of nitrogens with one attached hydrogen (secondary N) is 2. The molecule has 1 aliphatic heterocycles. The van der Waals surface area contributed by atoms with Gasteiger partial charge in [0, 0.05) is 38.8 Å². The molecule has 1 aromatic heterocycles. The van der Waals surface area contributed by atoms with Gasteiger partial charge in [0.2, 0.25) is 5.91 Å². The molecule has 0 bridgehead atoms. The lowest BCUT2D eigenvalue weighted by molar-refractivity contribution is -0.125. The first kappa shape index (κ1) is 20.2. The standard InChI is InChI=1S/C18H23FN4O2.ClH/c1-3-25-17-5-4-12(6-16(17)19)7-21-18(24)15-10-20-9-14(15)13-8-22-23(2)11-13;/h4-6,8,11,14-15,20H,3,7,9-10H2,1-2H3,(H,21,24);1H/t14-,15+;/m1./s1. The maximum absolute atomic E-state index is 13.9. The normalized spacial score (nSPS) is 19.0. The summed E-state index contributed by atoms with van der Waals surface area (Å²) in [4.78, 5) is 12.6. The lowest BCUT2D eigenvalue weighted by Crippen LogP contribution is -2.34. The number of rotatable bonds is 6. The zero-order chi connectivity index (χ0) is 17.8.